The van der Waals surface area contributed by atoms with E-state index in [0.717, 1.165) is 36.4 Å². The molecule has 0 aromatic heterocycles. The zero-order valence-corrected chi connectivity index (χ0v) is 23.9. The number of benzene rings is 5. The van der Waals surface area contributed by atoms with Crippen molar-refractivity contribution in [2.75, 3.05) is 0 Å². The van der Waals surface area contributed by atoms with Gasteiger partial charge in [-0.25, -0.2) is 0 Å². The van der Waals surface area contributed by atoms with Crippen LogP contribution in [0.25, 0.3) is 0 Å². The minimum atomic E-state index is -7.97. The first-order valence-corrected chi connectivity index (χ1v) is 20.4. The van der Waals surface area contributed by atoms with Gasteiger partial charge in [0.05, 0.1) is 0 Å². The molecule has 0 spiro atoms. The quantitative estimate of drug-likeness (QED) is 0.0984. The molecule has 0 atom stereocenters. The molecule has 0 N–H and O–H groups in total. The second-order valence-electron chi connectivity index (χ2n) is 8.96. The van der Waals surface area contributed by atoms with Crippen molar-refractivity contribution in [1.82, 2.24) is 0 Å². The minimum absolute atomic E-state index is 0.387. The van der Waals surface area contributed by atoms with Crippen LogP contribution in [-0.4, -0.2) is 18.8 Å². The molecule has 0 heterocycles. The van der Waals surface area contributed by atoms with Crippen molar-refractivity contribution in [3.63, 3.8) is 0 Å². The Bertz CT molecular complexity index is 1560. The van der Waals surface area contributed by atoms with Gasteiger partial charge in [0.25, 0.3) is 0 Å². The van der Waals surface area contributed by atoms with Crippen LogP contribution in [0.15, 0.2) is 91.0 Å². The Morgan fingerprint density at radius 1 is 0.268 bits per heavy atom. The Kier molecular flexibility index (Phi) is 7.22. The molecule has 0 fully saturated rings. The average molecular weight is 774 g/mol. The molecule has 41 heavy (non-hydrogen) atoms. The van der Waals surface area contributed by atoms with Gasteiger partial charge in [-0.2, -0.15) is 0 Å². The molecule has 0 bridgehead atoms. The molecule has 0 nitrogen and oxygen atoms in total. The van der Waals surface area contributed by atoms with Gasteiger partial charge in [-0.15, -0.1) is 0 Å². The molecular formula is C30H15BiF10. The van der Waals surface area contributed by atoms with Crippen LogP contribution >= 0.6 is 0 Å². The van der Waals surface area contributed by atoms with Crippen molar-refractivity contribution in [3.05, 3.63) is 149 Å². The second kappa shape index (κ2) is 10.3. The average Bonchev–Trinajstić information content (AvgIpc) is 3.01. The first kappa shape index (κ1) is 28.8. The molecule has 0 radical (unpaired) electrons. The molecule has 0 amide bonds. The first-order chi connectivity index (χ1) is 19.5. The third kappa shape index (κ3) is 3.64. The summed E-state index contributed by atoms with van der Waals surface area (Å²) in [4.78, 5) is 0. The van der Waals surface area contributed by atoms with Crippen LogP contribution in [0.5, 0.6) is 0 Å². The molecule has 0 saturated carbocycles. The molecule has 210 valence electrons. The van der Waals surface area contributed by atoms with E-state index in [1.54, 1.807) is 0 Å². The summed E-state index contributed by atoms with van der Waals surface area (Å²) < 4.78 is 150. The Labute approximate surface area is 227 Å². The molecule has 0 aliphatic rings. The Hall–Kier alpha value is -3.72. The number of hydrogen-bond acceptors (Lipinski definition) is 0. The molecule has 0 aliphatic heterocycles. The Balaban J connectivity index is 2.36. The van der Waals surface area contributed by atoms with Gasteiger partial charge in [-0.05, 0) is 0 Å². The van der Waals surface area contributed by atoms with Crippen LogP contribution in [0.3, 0.4) is 0 Å². The van der Waals surface area contributed by atoms with Crippen LogP contribution < -0.4 is 16.4 Å². The van der Waals surface area contributed by atoms with Crippen molar-refractivity contribution in [1.29, 1.82) is 0 Å². The molecule has 5 aromatic carbocycles. The van der Waals surface area contributed by atoms with Gasteiger partial charge in [0.15, 0.2) is 0 Å². The number of halogens is 10. The van der Waals surface area contributed by atoms with E-state index in [1.807, 2.05) is 0 Å². The van der Waals surface area contributed by atoms with E-state index < -0.39 is 83.5 Å². The van der Waals surface area contributed by atoms with Gasteiger partial charge in [0.1, 0.15) is 0 Å². The van der Waals surface area contributed by atoms with Crippen LogP contribution in [0, 0.1) is 58.2 Å². The predicted octanol–water partition coefficient (Wildman–Crippen LogP) is 5.32. The van der Waals surface area contributed by atoms with E-state index in [1.165, 1.54) is 54.6 Å². The van der Waals surface area contributed by atoms with Crippen molar-refractivity contribution in [2.45, 2.75) is 0 Å². The maximum atomic E-state index is 16.3. The summed E-state index contributed by atoms with van der Waals surface area (Å²) >= 11 is -7.97. The van der Waals surface area contributed by atoms with Gasteiger partial charge in [0.2, 0.25) is 0 Å². The first-order valence-electron chi connectivity index (χ1n) is 11.7. The summed E-state index contributed by atoms with van der Waals surface area (Å²) in [5, 5.41) is 0. The molecule has 0 saturated heterocycles. The monoisotopic (exact) mass is 774 g/mol. The molecule has 0 unspecified atom stereocenters. The van der Waals surface area contributed by atoms with Crippen LogP contribution in [0.1, 0.15) is 0 Å². The van der Waals surface area contributed by atoms with Crippen molar-refractivity contribution < 1.29 is 43.9 Å². The van der Waals surface area contributed by atoms with E-state index in [0.29, 0.717) is 0 Å². The van der Waals surface area contributed by atoms with Gasteiger partial charge >= 0.3 is 228 Å². The van der Waals surface area contributed by atoms with E-state index in [4.69, 9.17) is 0 Å². The second-order valence-corrected chi connectivity index (χ2v) is 27.2. The van der Waals surface area contributed by atoms with Gasteiger partial charge in [0, 0.05) is 0 Å². The van der Waals surface area contributed by atoms with Gasteiger partial charge in [-0.1, -0.05) is 0 Å². The molecule has 11 heteroatoms. The zero-order chi connectivity index (χ0) is 29.7. The van der Waals surface area contributed by atoms with E-state index in [-0.39, 0.29) is 9.81 Å². The fourth-order valence-electron chi connectivity index (χ4n) is 5.48. The van der Waals surface area contributed by atoms with E-state index in [9.17, 15) is 8.78 Å². The molecule has 5 rings (SSSR count). The van der Waals surface area contributed by atoms with Crippen molar-refractivity contribution >= 4 is 35.1 Å². The van der Waals surface area contributed by atoms with Crippen molar-refractivity contribution in [3.8, 4) is 0 Å². The third-order valence-corrected chi connectivity index (χ3v) is 32.6. The van der Waals surface area contributed by atoms with Crippen LogP contribution in [-0.2, 0) is 0 Å². The third-order valence-electron chi connectivity index (χ3n) is 7.09. The predicted molar refractivity (Wildman–Crippen MR) is 136 cm³/mol. The van der Waals surface area contributed by atoms with Gasteiger partial charge in [-0.3, -0.25) is 0 Å². The number of rotatable bonds is 5. The van der Waals surface area contributed by atoms with E-state index in [2.05, 4.69) is 0 Å². The topological polar surface area (TPSA) is 0 Å². The fourth-order valence-corrected chi connectivity index (χ4v) is 32.4. The summed E-state index contributed by atoms with van der Waals surface area (Å²) in [7, 11) is 0. The zero-order valence-electron chi connectivity index (χ0n) is 20.4. The SMILES string of the molecule is Fc1c(F)c(F)[c]([Bi]([c]2ccccc2)([c]2ccccc2)([c]2ccccc2)[c]2c(F)c(F)c(F)c(F)c2F)c(F)c1F. The molecule has 0 aliphatic carbocycles. The van der Waals surface area contributed by atoms with E-state index >= 15 is 35.1 Å². The van der Waals surface area contributed by atoms with Crippen molar-refractivity contribution in [2.24, 2.45) is 0 Å². The number of hydrogen-bond donors (Lipinski definition) is 0. The van der Waals surface area contributed by atoms with Gasteiger partial charge < -0.3 is 0 Å². The molecule has 5 aromatic rings. The summed E-state index contributed by atoms with van der Waals surface area (Å²) in [6, 6.07) is 18.4. The summed E-state index contributed by atoms with van der Waals surface area (Å²) in [6.45, 7) is 0. The summed E-state index contributed by atoms with van der Waals surface area (Å²) in [5.41, 5.74) is 0. The Morgan fingerprint density at radius 2 is 0.463 bits per heavy atom. The summed E-state index contributed by atoms with van der Waals surface area (Å²) in [6.07, 6.45) is 0. The normalized spacial score (nSPS) is 12.7. The molecular weight excluding hydrogens is 759 g/mol. The maximum absolute atomic E-state index is 16.3. The fraction of sp³-hybridized carbons (Fsp3) is 0. The standard InChI is InChI=1S/2C6F5.3C6H5.Bi/c2*7-2-1-3(8)5(10)6(11)4(2)9;3*1-2-4-6-5-3-1;/h;;3*1-5H;. The van der Waals surface area contributed by atoms with Crippen LogP contribution in [0.2, 0.25) is 0 Å². The summed E-state index contributed by atoms with van der Waals surface area (Å²) in [5.74, 6) is -24.8. The Morgan fingerprint density at radius 3 is 0.683 bits per heavy atom. The van der Waals surface area contributed by atoms with Crippen LogP contribution in [0.4, 0.5) is 43.9 Å².